The van der Waals surface area contributed by atoms with Gasteiger partial charge < -0.3 is 5.11 Å². The molecule has 0 bridgehead atoms. The van der Waals surface area contributed by atoms with Crippen LogP contribution in [0, 0.1) is 0 Å². The number of aromatic carboxylic acids is 1. The highest BCUT2D eigenvalue weighted by Gasteiger charge is 2.13. The topological polar surface area (TPSA) is 37.3 Å². The number of hydrogen-bond acceptors (Lipinski definition) is 1. The first-order valence-electron chi connectivity index (χ1n) is 4.27. The molecule has 0 fully saturated rings. The highest BCUT2D eigenvalue weighted by atomic mass is 79.9. The van der Waals surface area contributed by atoms with E-state index in [1.54, 1.807) is 6.07 Å². The molecule has 0 aliphatic carbocycles. The standard InChI is InChI=1S/C10H10Br2O2/c1-2-3-7-8(10(13)14)4-6(11)5-9(7)12/h4-5H,2-3H2,1H3,(H,13,14). The molecule has 1 aromatic carbocycles. The van der Waals surface area contributed by atoms with Crippen molar-refractivity contribution in [3.63, 3.8) is 0 Å². The van der Waals surface area contributed by atoms with Gasteiger partial charge in [0.15, 0.2) is 0 Å². The molecule has 0 radical (unpaired) electrons. The zero-order valence-electron chi connectivity index (χ0n) is 7.68. The Hall–Kier alpha value is -0.350. The highest BCUT2D eigenvalue weighted by Crippen LogP contribution is 2.27. The lowest BCUT2D eigenvalue weighted by atomic mass is 10.0. The van der Waals surface area contributed by atoms with Gasteiger partial charge in [0.25, 0.3) is 0 Å². The van der Waals surface area contributed by atoms with E-state index in [2.05, 4.69) is 31.9 Å². The smallest absolute Gasteiger partial charge is 0.336 e. The first-order valence-corrected chi connectivity index (χ1v) is 5.86. The minimum atomic E-state index is -0.879. The molecule has 0 aromatic heterocycles. The van der Waals surface area contributed by atoms with E-state index in [1.807, 2.05) is 13.0 Å². The molecule has 1 N–H and O–H groups in total. The first-order chi connectivity index (χ1) is 6.56. The Kier molecular flexibility index (Phi) is 4.13. The number of carboxylic acid groups (broad SMARTS) is 1. The third-order valence-electron chi connectivity index (χ3n) is 1.89. The van der Waals surface area contributed by atoms with Crippen molar-refractivity contribution >= 4 is 37.8 Å². The van der Waals surface area contributed by atoms with Gasteiger partial charge in [-0.1, -0.05) is 45.2 Å². The number of rotatable bonds is 3. The van der Waals surface area contributed by atoms with Gasteiger partial charge in [0.05, 0.1) is 5.56 Å². The van der Waals surface area contributed by atoms with Crippen LogP contribution < -0.4 is 0 Å². The summed E-state index contributed by atoms with van der Waals surface area (Å²) in [6.45, 7) is 2.03. The monoisotopic (exact) mass is 320 g/mol. The fourth-order valence-electron chi connectivity index (χ4n) is 1.30. The molecule has 0 saturated heterocycles. The normalized spacial score (nSPS) is 10.2. The SMILES string of the molecule is CCCc1c(Br)cc(Br)cc1C(=O)O. The molecule has 0 unspecified atom stereocenters. The van der Waals surface area contributed by atoms with Crippen LogP contribution in [0.25, 0.3) is 0 Å². The Balaban J connectivity index is 3.28. The van der Waals surface area contributed by atoms with Crippen LogP contribution in [0.1, 0.15) is 29.3 Å². The second-order valence-electron chi connectivity index (χ2n) is 2.97. The van der Waals surface area contributed by atoms with Crippen molar-refractivity contribution in [3.05, 3.63) is 32.2 Å². The Morgan fingerprint density at radius 1 is 1.43 bits per heavy atom. The fraction of sp³-hybridized carbons (Fsp3) is 0.300. The van der Waals surface area contributed by atoms with Gasteiger partial charge in [-0.05, 0) is 24.1 Å². The Bertz CT molecular complexity index is 361. The first kappa shape index (κ1) is 11.7. The van der Waals surface area contributed by atoms with E-state index in [-0.39, 0.29) is 0 Å². The zero-order valence-corrected chi connectivity index (χ0v) is 10.9. The van der Waals surface area contributed by atoms with Crippen LogP contribution in [-0.2, 0) is 6.42 Å². The summed E-state index contributed by atoms with van der Waals surface area (Å²) in [5.41, 5.74) is 1.23. The summed E-state index contributed by atoms with van der Waals surface area (Å²) in [4.78, 5) is 11.0. The fourth-order valence-corrected chi connectivity index (χ4v) is 2.72. The van der Waals surface area contributed by atoms with Gasteiger partial charge >= 0.3 is 5.97 Å². The van der Waals surface area contributed by atoms with Gasteiger partial charge in [-0.25, -0.2) is 4.79 Å². The lowest BCUT2D eigenvalue weighted by Gasteiger charge is -2.08. The Morgan fingerprint density at radius 3 is 2.57 bits per heavy atom. The number of benzene rings is 1. The summed E-state index contributed by atoms with van der Waals surface area (Å²) >= 11 is 6.65. The van der Waals surface area contributed by atoms with Gasteiger partial charge in [-0.3, -0.25) is 0 Å². The van der Waals surface area contributed by atoms with Crippen molar-refractivity contribution in [2.75, 3.05) is 0 Å². The summed E-state index contributed by atoms with van der Waals surface area (Å²) < 4.78 is 1.63. The minimum Gasteiger partial charge on any atom is -0.478 e. The van der Waals surface area contributed by atoms with Gasteiger partial charge in [0, 0.05) is 8.95 Å². The quantitative estimate of drug-likeness (QED) is 0.917. The molecule has 0 amide bonds. The van der Waals surface area contributed by atoms with Crippen LogP contribution in [0.2, 0.25) is 0 Å². The predicted molar refractivity (Wildman–Crippen MR) is 62.8 cm³/mol. The van der Waals surface area contributed by atoms with Gasteiger partial charge in [0.1, 0.15) is 0 Å². The molecule has 1 rings (SSSR count). The lowest BCUT2D eigenvalue weighted by Crippen LogP contribution is -2.03. The molecular weight excluding hydrogens is 312 g/mol. The number of carbonyl (C=O) groups is 1. The van der Waals surface area contributed by atoms with Crippen LogP contribution in [-0.4, -0.2) is 11.1 Å². The summed E-state index contributed by atoms with van der Waals surface area (Å²) in [6, 6.07) is 3.51. The maximum absolute atomic E-state index is 11.0. The molecule has 0 atom stereocenters. The third kappa shape index (κ3) is 2.58. The van der Waals surface area contributed by atoms with E-state index >= 15 is 0 Å². The number of halogens is 2. The summed E-state index contributed by atoms with van der Waals surface area (Å²) in [5, 5.41) is 9.00. The summed E-state index contributed by atoms with van der Waals surface area (Å²) in [6.07, 6.45) is 1.70. The molecule has 4 heteroatoms. The van der Waals surface area contributed by atoms with E-state index in [1.165, 1.54) is 0 Å². The van der Waals surface area contributed by atoms with E-state index in [4.69, 9.17) is 5.11 Å². The van der Waals surface area contributed by atoms with Gasteiger partial charge in [0.2, 0.25) is 0 Å². The third-order valence-corrected chi connectivity index (χ3v) is 3.06. The summed E-state index contributed by atoms with van der Waals surface area (Å²) in [5.74, 6) is -0.879. The molecule has 0 heterocycles. The van der Waals surface area contributed by atoms with Crippen molar-refractivity contribution in [3.8, 4) is 0 Å². The van der Waals surface area contributed by atoms with Crippen LogP contribution in [0.15, 0.2) is 21.1 Å². The Morgan fingerprint density at radius 2 is 2.07 bits per heavy atom. The molecule has 1 aromatic rings. The minimum absolute atomic E-state index is 0.369. The molecule has 0 aliphatic heterocycles. The zero-order chi connectivity index (χ0) is 10.7. The molecule has 0 spiro atoms. The van der Waals surface area contributed by atoms with E-state index < -0.39 is 5.97 Å². The average molecular weight is 322 g/mol. The Labute approximate surface area is 99.6 Å². The maximum Gasteiger partial charge on any atom is 0.336 e. The lowest BCUT2D eigenvalue weighted by molar-refractivity contribution is 0.0695. The van der Waals surface area contributed by atoms with Crippen LogP contribution in [0.3, 0.4) is 0 Å². The molecule has 2 nitrogen and oxygen atoms in total. The number of carboxylic acids is 1. The largest absolute Gasteiger partial charge is 0.478 e. The van der Waals surface area contributed by atoms with Crippen molar-refractivity contribution < 1.29 is 9.90 Å². The van der Waals surface area contributed by atoms with Crippen LogP contribution >= 0.6 is 31.9 Å². The second-order valence-corrected chi connectivity index (χ2v) is 4.74. The molecule has 0 saturated carbocycles. The summed E-state index contributed by atoms with van der Waals surface area (Å²) in [7, 11) is 0. The van der Waals surface area contributed by atoms with E-state index in [9.17, 15) is 4.79 Å². The molecule has 76 valence electrons. The maximum atomic E-state index is 11.0. The van der Waals surface area contributed by atoms with Gasteiger partial charge in [-0.15, -0.1) is 0 Å². The molecule has 0 aliphatic rings. The van der Waals surface area contributed by atoms with Crippen molar-refractivity contribution in [1.82, 2.24) is 0 Å². The van der Waals surface area contributed by atoms with E-state index in [0.29, 0.717) is 5.56 Å². The highest BCUT2D eigenvalue weighted by molar-refractivity contribution is 9.11. The number of hydrogen-bond donors (Lipinski definition) is 1. The predicted octanol–water partition coefficient (Wildman–Crippen LogP) is 3.86. The van der Waals surface area contributed by atoms with Gasteiger partial charge in [-0.2, -0.15) is 0 Å². The van der Waals surface area contributed by atoms with E-state index in [0.717, 1.165) is 27.4 Å². The molecular formula is C10H10Br2O2. The van der Waals surface area contributed by atoms with Crippen LogP contribution in [0.4, 0.5) is 0 Å². The molecule has 14 heavy (non-hydrogen) atoms. The van der Waals surface area contributed by atoms with Crippen molar-refractivity contribution in [2.24, 2.45) is 0 Å². The van der Waals surface area contributed by atoms with Crippen molar-refractivity contribution in [1.29, 1.82) is 0 Å². The van der Waals surface area contributed by atoms with Crippen LogP contribution in [0.5, 0.6) is 0 Å². The average Bonchev–Trinajstić information content (AvgIpc) is 2.09. The second kappa shape index (κ2) is 4.94. The van der Waals surface area contributed by atoms with Crippen molar-refractivity contribution in [2.45, 2.75) is 19.8 Å².